The average molecular weight is 474 g/mol. The molecule has 0 heterocycles. The van der Waals surface area contributed by atoms with E-state index in [1.807, 2.05) is 0 Å². The molecule has 2 aromatic rings. The minimum absolute atomic E-state index is 0.248. The first-order valence-corrected chi connectivity index (χ1v) is 9.25. The molecule has 0 radical (unpaired) electrons. The Kier molecular flexibility index (Phi) is 8.47. The van der Waals surface area contributed by atoms with Gasteiger partial charge in [0.25, 0.3) is 0 Å². The van der Waals surface area contributed by atoms with E-state index in [1.54, 1.807) is 0 Å². The molecule has 0 fully saturated rings. The van der Waals surface area contributed by atoms with Gasteiger partial charge in [0, 0.05) is 12.2 Å². The number of hydrogen-bond acceptors (Lipinski definition) is 12. The van der Waals surface area contributed by atoms with E-state index in [2.05, 4.69) is 9.47 Å². The predicted molar refractivity (Wildman–Crippen MR) is 112 cm³/mol. The normalized spacial score (nSPS) is 12.9. The monoisotopic (exact) mass is 474 g/mol. The van der Waals surface area contributed by atoms with Crippen molar-refractivity contribution in [2.75, 3.05) is 0 Å². The minimum Gasteiger partial charge on any atom is -0.504 e. The van der Waals surface area contributed by atoms with Crippen LogP contribution in [-0.4, -0.2) is 66.7 Å². The number of aliphatic hydroxyl groups excluding tert-OH is 2. The van der Waals surface area contributed by atoms with Crippen LogP contribution in [0.15, 0.2) is 48.6 Å². The van der Waals surface area contributed by atoms with Crippen LogP contribution in [0.3, 0.4) is 0 Å². The van der Waals surface area contributed by atoms with Crippen LogP contribution in [0.2, 0.25) is 0 Å². The van der Waals surface area contributed by atoms with E-state index in [4.69, 9.17) is 0 Å². The van der Waals surface area contributed by atoms with Gasteiger partial charge in [-0.15, -0.1) is 0 Å². The van der Waals surface area contributed by atoms with Crippen molar-refractivity contribution < 1.29 is 59.3 Å². The number of hydrogen-bond donors (Lipinski definition) is 6. The van der Waals surface area contributed by atoms with Crippen molar-refractivity contribution in [3.05, 3.63) is 59.7 Å². The van der Waals surface area contributed by atoms with E-state index >= 15 is 0 Å². The van der Waals surface area contributed by atoms with E-state index < -0.39 is 59.1 Å². The smallest absolute Gasteiger partial charge is 0.346 e. The molecule has 0 aliphatic rings. The molecular formula is C22H18O12. The maximum Gasteiger partial charge on any atom is 0.346 e. The van der Waals surface area contributed by atoms with Crippen LogP contribution in [0.5, 0.6) is 23.0 Å². The number of esters is 4. The first-order chi connectivity index (χ1) is 16.0. The summed E-state index contributed by atoms with van der Waals surface area (Å²) >= 11 is 0. The molecule has 0 aromatic heterocycles. The standard InChI is InChI=1S/C22H18O12/c23-13-5-1-11(9-15(13)25)3-7-17(27)33-21(31)19(29)20(30)22(32)34-18(28)8-4-12-2-6-14(24)16(26)10-12/h1-10,19-20,23-26,29-30H/b7-3+,8-4+. The summed E-state index contributed by atoms with van der Waals surface area (Å²) in [6.45, 7) is 0. The number of aliphatic hydroxyl groups is 2. The SMILES string of the molecule is O=C(/C=C/c1ccc(O)c(O)c1)OC(=O)C(O)C(O)C(=O)OC(=O)/C=C/c1ccc(O)c(O)c1. The second-order valence-electron chi connectivity index (χ2n) is 6.53. The number of carbonyl (C=O) groups excluding carboxylic acids is 4. The lowest BCUT2D eigenvalue weighted by atomic mass is 10.2. The van der Waals surface area contributed by atoms with Crippen molar-refractivity contribution in [1.82, 2.24) is 0 Å². The van der Waals surface area contributed by atoms with Gasteiger partial charge in [0.05, 0.1) is 0 Å². The minimum atomic E-state index is -2.56. The maximum absolute atomic E-state index is 11.8. The summed E-state index contributed by atoms with van der Waals surface area (Å²) in [6.07, 6.45) is -1.45. The molecule has 178 valence electrons. The van der Waals surface area contributed by atoms with E-state index in [9.17, 15) is 49.8 Å². The Morgan fingerprint density at radius 3 is 1.29 bits per heavy atom. The number of carbonyl (C=O) groups is 4. The van der Waals surface area contributed by atoms with Gasteiger partial charge in [-0.05, 0) is 47.5 Å². The van der Waals surface area contributed by atoms with Crippen LogP contribution in [-0.2, 0) is 28.7 Å². The fourth-order valence-electron chi connectivity index (χ4n) is 2.26. The van der Waals surface area contributed by atoms with E-state index in [-0.39, 0.29) is 11.1 Å². The molecule has 0 aliphatic carbocycles. The Labute approximate surface area is 190 Å². The highest BCUT2D eigenvalue weighted by molar-refractivity contribution is 6.00. The molecule has 12 nitrogen and oxygen atoms in total. The first-order valence-electron chi connectivity index (χ1n) is 9.25. The molecule has 6 N–H and O–H groups in total. The van der Waals surface area contributed by atoms with Crippen molar-refractivity contribution in [1.29, 1.82) is 0 Å². The molecule has 2 aromatic carbocycles. The molecule has 0 amide bonds. The van der Waals surface area contributed by atoms with Crippen LogP contribution in [0.25, 0.3) is 12.2 Å². The van der Waals surface area contributed by atoms with Gasteiger partial charge in [-0.2, -0.15) is 0 Å². The molecular weight excluding hydrogens is 456 g/mol. The molecule has 0 saturated carbocycles. The number of aromatic hydroxyl groups is 4. The largest absolute Gasteiger partial charge is 0.504 e. The lowest BCUT2D eigenvalue weighted by molar-refractivity contribution is -0.178. The van der Waals surface area contributed by atoms with E-state index in [0.717, 1.165) is 48.6 Å². The number of phenols is 4. The van der Waals surface area contributed by atoms with Gasteiger partial charge in [-0.3, -0.25) is 0 Å². The molecule has 34 heavy (non-hydrogen) atoms. The first kappa shape index (κ1) is 25.6. The fraction of sp³-hybridized carbons (Fsp3) is 0.0909. The van der Waals surface area contributed by atoms with Crippen LogP contribution in [0.1, 0.15) is 11.1 Å². The zero-order chi connectivity index (χ0) is 25.4. The van der Waals surface area contributed by atoms with Crippen molar-refractivity contribution >= 4 is 36.0 Å². The van der Waals surface area contributed by atoms with Crippen LogP contribution >= 0.6 is 0 Å². The molecule has 2 rings (SSSR count). The Hall–Kier alpha value is -4.68. The van der Waals surface area contributed by atoms with Gasteiger partial charge < -0.3 is 40.1 Å². The van der Waals surface area contributed by atoms with Gasteiger partial charge in [-0.1, -0.05) is 12.1 Å². The van der Waals surface area contributed by atoms with E-state index in [0.29, 0.717) is 0 Å². The quantitative estimate of drug-likeness (QED) is 0.137. The molecule has 0 aliphatic heterocycles. The summed E-state index contributed by atoms with van der Waals surface area (Å²) in [4.78, 5) is 46.9. The van der Waals surface area contributed by atoms with Gasteiger partial charge >= 0.3 is 23.9 Å². The third-order valence-electron chi connectivity index (χ3n) is 4.01. The highest BCUT2D eigenvalue weighted by Crippen LogP contribution is 2.26. The molecule has 2 unspecified atom stereocenters. The van der Waals surface area contributed by atoms with Crippen molar-refractivity contribution in [3.63, 3.8) is 0 Å². The highest BCUT2D eigenvalue weighted by atomic mass is 16.6. The summed E-state index contributed by atoms with van der Waals surface area (Å²) in [5, 5.41) is 56.5. The summed E-state index contributed by atoms with van der Waals surface area (Å²) in [7, 11) is 0. The lowest BCUT2D eigenvalue weighted by Crippen LogP contribution is -2.42. The maximum atomic E-state index is 11.8. The predicted octanol–water partition coefficient (Wildman–Crippen LogP) is 0.0970. The summed E-state index contributed by atoms with van der Waals surface area (Å²) in [5.41, 5.74) is 0.496. The number of benzene rings is 2. The fourth-order valence-corrected chi connectivity index (χ4v) is 2.26. The Morgan fingerprint density at radius 2 is 0.971 bits per heavy atom. The van der Waals surface area contributed by atoms with Crippen molar-refractivity contribution in [3.8, 4) is 23.0 Å². The number of ether oxygens (including phenoxy) is 2. The van der Waals surface area contributed by atoms with E-state index in [1.165, 1.54) is 12.1 Å². The molecule has 0 bridgehead atoms. The average Bonchev–Trinajstić information content (AvgIpc) is 2.79. The molecule has 0 saturated heterocycles. The Bertz CT molecular complexity index is 1070. The van der Waals surface area contributed by atoms with Gasteiger partial charge in [-0.25, -0.2) is 19.2 Å². The molecule has 2 atom stereocenters. The second kappa shape index (κ2) is 11.3. The topological polar surface area (TPSA) is 208 Å². The Balaban J connectivity index is 1.89. The summed E-state index contributed by atoms with van der Waals surface area (Å²) < 4.78 is 8.51. The van der Waals surface area contributed by atoms with Gasteiger partial charge in [0.2, 0.25) is 0 Å². The second-order valence-corrected chi connectivity index (χ2v) is 6.53. The van der Waals surface area contributed by atoms with Crippen molar-refractivity contribution in [2.45, 2.75) is 12.2 Å². The number of phenolic OH excluding ortho intramolecular Hbond substituents is 4. The highest BCUT2D eigenvalue weighted by Gasteiger charge is 2.34. The molecule has 12 heteroatoms. The zero-order valence-electron chi connectivity index (χ0n) is 17.1. The molecule has 0 spiro atoms. The summed E-state index contributed by atoms with van der Waals surface area (Å²) in [5.74, 6) is -7.74. The summed E-state index contributed by atoms with van der Waals surface area (Å²) in [6, 6.07) is 7.14. The van der Waals surface area contributed by atoms with Crippen molar-refractivity contribution in [2.24, 2.45) is 0 Å². The number of rotatable bonds is 7. The third-order valence-corrected chi connectivity index (χ3v) is 4.01. The van der Waals surface area contributed by atoms with Crippen LogP contribution in [0, 0.1) is 0 Å². The van der Waals surface area contributed by atoms with Crippen LogP contribution in [0.4, 0.5) is 0 Å². The Morgan fingerprint density at radius 1 is 0.618 bits per heavy atom. The zero-order valence-corrected chi connectivity index (χ0v) is 17.1. The third kappa shape index (κ3) is 7.19. The van der Waals surface area contributed by atoms with Gasteiger partial charge in [0.15, 0.2) is 35.2 Å². The van der Waals surface area contributed by atoms with Crippen LogP contribution < -0.4 is 0 Å². The lowest BCUT2D eigenvalue weighted by Gasteiger charge is -2.13. The van der Waals surface area contributed by atoms with Gasteiger partial charge in [0.1, 0.15) is 0 Å².